The van der Waals surface area contributed by atoms with Gasteiger partial charge in [-0.05, 0) is 44.7 Å². The number of carbonyl (C=O) groups is 2. The van der Waals surface area contributed by atoms with Gasteiger partial charge in [-0.25, -0.2) is 9.59 Å². The van der Waals surface area contributed by atoms with Crippen LogP contribution in [0.1, 0.15) is 25.7 Å². The average molecular weight is 245 g/mol. The SMILES string of the molecule is COC(=O)C(O)(CCC1CCNCC1)C(=O)O. The van der Waals surface area contributed by atoms with E-state index in [0.29, 0.717) is 12.3 Å². The lowest BCUT2D eigenvalue weighted by Gasteiger charge is -2.26. The number of nitrogens with one attached hydrogen (secondary N) is 1. The number of carboxylic acid groups (broad SMARTS) is 1. The summed E-state index contributed by atoms with van der Waals surface area (Å²) in [4.78, 5) is 22.2. The molecule has 17 heavy (non-hydrogen) atoms. The summed E-state index contributed by atoms with van der Waals surface area (Å²) in [6, 6.07) is 0. The molecule has 3 N–H and O–H groups in total. The quantitative estimate of drug-likeness (QED) is 0.457. The Morgan fingerprint density at radius 3 is 2.47 bits per heavy atom. The van der Waals surface area contributed by atoms with Crippen LogP contribution < -0.4 is 5.32 Å². The Hall–Kier alpha value is -1.14. The van der Waals surface area contributed by atoms with Gasteiger partial charge in [0.05, 0.1) is 7.11 Å². The fraction of sp³-hybridized carbons (Fsp3) is 0.818. The van der Waals surface area contributed by atoms with E-state index < -0.39 is 17.5 Å². The summed E-state index contributed by atoms with van der Waals surface area (Å²) in [5.74, 6) is -2.29. The van der Waals surface area contributed by atoms with Gasteiger partial charge in [-0.15, -0.1) is 0 Å². The van der Waals surface area contributed by atoms with E-state index in [1.807, 2.05) is 0 Å². The monoisotopic (exact) mass is 245 g/mol. The minimum Gasteiger partial charge on any atom is -0.479 e. The third-order valence-electron chi connectivity index (χ3n) is 3.25. The fourth-order valence-electron chi connectivity index (χ4n) is 2.05. The molecule has 0 aliphatic carbocycles. The van der Waals surface area contributed by atoms with Crippen LogP contribution in [0.2, 0.25) is 0 Å². The van der Waals surface area contributed by atoms with Crippen molar-refractivity contribution >= 4 is 11.9 Å². The molecule has 1 aliphatic heterocycles. The van der Waals surface area contributed by atoms with E-state index in [4.69, 9.17) is 5.11 Å². The number of hydrogen-bond acceptors (Lipinski definition) is 5. The maximum atomic E-state index is 11.3. The summed E-state index contributed by atoms with van der Waals surface area (Å²) in [7, 11) is 1.07. The summed E-state index contributed by atoms with van der Waals surface area (Å²) in [6.07, 6.45) is 2.30. The Kier molecular flexibility index (Phi) is 4.89. The molecule has 0 amide bonds. The van der Waals surface area contributed by atoms with Crippen LogP contribution in [-0.2, 0) is 14.3 Å². The lowest BCUT2D eigenvalue weighted by molar-refractivity contribution is -0.179. The predicted octanol–water partition coefficient (Wildman–Crippen LogP) is -0.245. The summed E-state index contributed by atoms with van der Waals surface area (Å²) in [5, 5.41) is 21.9. The van der Waals surface area contributed by atoms with E-state index in [2.05, 4.69) is 10.1 Å². The second kappa shape index (κ2) is 5.97. The minimum atomic E-state index is -2.40. The van der Waals surface area contributed by atoms with E-state index >= 15 is 0 Å². The van der Waals surface area contributed by atoms with Crippen molar-refractivity contribution in [3.63, 3.8) is 0 Å². The van der Waals surface area contributed by atoms with Crippen molar-refractivity contribution in [3.05, 3.63) is 0 Å². The van der Waals surface area contributed by atoms with Gasteiger partial charge in [-0.3, -0.25) is 0 Å². The van der Waals surface area contributed by atoms with Crippen LogP contribution in [0.3, 0.4) is 0 Å². The van der Waals surface area contributed by atoms with Crippen molar-refractivity contribution in [2.24, 2.45) is 5.92 Å². The number of hydrogen-bond donors (Lipinski definition) is 3. The van der Waals surface area contributed by atoms with Crippen LogP contribution >= 0.6 is 0 Å². The van der Waals surface area contributed by atoms with Crippen LogP contribution in [0.5, 0.6) is 0 Å². The minimum absolute atomic E-state index is 0.0975. The molecule has 0 aromatic rings. The molecule has 1 unspecified atom stereocenters. The van der Waals surface area contributed by atoms with Crippen LogP contribution in [0.25, 0.3) is 0 Å². The summed E-state index contributed by atoms with van der Waals surface area (Å²) < 4.78 is 4.33. The van der Waals surface area contributed by atoms with Crippen molar-refractivity contribution in [1.82, 2.24) is 5.32 Å². The topological polar surface area (TPSA) is 95.9 Å². The molecule has 1 saturated heterocycles. The van der Waals surface area contributed by atoms with E-state index in [0.717, 1.165) is 33.0 Å². The molecule has 0 spiro atoms. The summed E-state index contributed by atoms with van der Waals surface area (Å²) in [6.45, 7) is 1.79. The highest BCUT2D eigenvalue weighted by Gasteiger charge is 2.45. The Labute approximate surface area is 100.0 Å². The molecule has 0 saturated carbocycles. The molecule has 1 atom stereocenters. The van der Waals surface area contributed by atoms with Gasteiger partial charge in [0.25, 0.3) is 5.60 Å². The normalized spacial score (nSPS) is 20.6. The average Bonchev–Trinajstić information content (AvgIpc) is 2.35. The molecule has 1 fully saturated rings. The second-order valence-corrected chi connectivity index (χ2v) is 4.39. The van der Waals surface area contributed by atoms with Crippen molar-refractivity contribution in [1.29, 1.82) is 0 Å². The van der Waals surface area contributed by atoms with E-state index in [-0.39, 0.29) is 6.42 Å². The van der Waals surface area contributed by atoms with Crippen molar-refractivity contribution < 1.29 is 24.5 Å². The molecule has 1 heterocycles. The number of carboxylic acids is 1. The number of ether oxygens (including phenoxy) is 1. The smallest absolute Gasteiger partial charge is 0.349 e. The zero-order valence-electron chi connectivity index (χ0n) is 9.94. The first kappa shape index (κ1) is 13.9. The second-order valence-electron chi connectivity index (χ2n) is 4.39. The Balaban J connectivity index is 2.54. The van der Waals surface area contributed by atoms with Gasteiger partial charge in [0, 0.05) is 0 Å². The molecule has 1 aliphatic rings. The van der Waals surface area contributed by atoms with Crippen LogP contribution in [0.4, 0.5) is 0 Å². The molecule has 0 radical (unpaired) electrons. The highest BCUT2D eigenvalue weighted by molar-refractivity contribution is 6.02. The van der Waals surface area contributed by atoms with Crippen LogP contribution in [0, 0.1) is 5.92 Å². The molecule has 6 nitrogen and oxygen atoms in total. The number of piperidine rings is 1. The van der Waals surface area contributed by atoms with E-state index in [9.17, 15) is 14.7 Å². The Bertz CT molecular complexity index is 288. The first-order valence-electron chi connectivity index (χ1n) is 5.75. The van der Waals surface area contributed by atoms with E-state index in [1.54, 1.807) is 0 Å². The largest absolute Gasteiger partial charge is 0.479 e. The number of aliphatic hydroxyl groups is 1. The fourth-order valence-corrected chi connectivity index (χ4v) is 2.05. The lowest BCUT2D eigenvalue weighted by Crippen LogP contribution is -2.47. The van der Waals surface area contributed by atoms with Crippen molar-refractivity contribution in [3.8, 4) is 0 Å². The molecule has 0 aromatic carbocycles. The number of esters is 1. The van der Waals surface area contributed by atoms with Gasteiger partial charge in [-0.1, -0.05) is 0 Å². The Morgan fingerprint density at radius 1 is 1.41 bits per heavy atom. The van der Waals surface area contributed by atoms with Crippen molar-refractivity contribution in [2.75, 3.05) is 20.2 Å². The number of rotatable bonds is 5. The molecule has 98 valence electrons. The molecular weight excluding hydrogens is 226 g/mol. The molecular formula is C11H19NO5. The van der Waals surface area contributed by atoms with Crippen molar-refractivity contribution in [2.45, 2.75) is 31.3 Å². The van der Waals surface area contributed by atoms with Crippen LogP contribution in [0.15, 0.2) is 0 Å². The molecule has 0 aromatic heterocycles. The highest BCUT2D eigenvalue weighted by Crippen LogP contribution is 2.24. The zero-order valence-corrected chi connectivity index (χ0v) is 9.94. The van der Waals surface area contributed by atoms with E-state index in [1.165, 1.54) is 0 Å². The third-order valence-corrected chi connectivity index (χ3v) is 3.25. The van der Waals surface area contributed by atoms with Gasteiger partial charge in [0.1, 0.15) is 0 Å². The Morgan fingerprint density at radius 2 is 2.00 bits per heavy atom. The maximum absolute atomic E-state index is 11.3. The molecule has 6 heteroatoms. The number of methoxy groups -OCH3 is 1. The van der Waals surface area contributed by atoms with Gasteiger partial charge in [0.15, 0.2) is 0 Å². The third kappa shape index (κ3) is 3.41. The summed E-state index contributed by atoms with van der Waals surface area (Å²) in [5.41, 5.74) is -2.40. The maximum Gasteiger partial charge on any atom is 0.349 e. The first-order chi connectivity index (χ1) is 8.00. The van der Waals surface area contributed by atoms with Gasteiger partial charge in [-0.2, -0.15) is 0 Å². The first-order valence-corrected chi connectivity index (χ1v) is 5.75. The zero-order chi connectivity index (χ0) is 12.9. The highest BCUT2D eigenvalue weighted by atomic mass is 16.5. The molecule has 1 rings (SSSR count). The molecule has 0 bridgehead atoms. The number of aliphatic carboxylic acids is 1. The standard InChI is InChI=1S/C11H19NO5/c1-17-10(15)11(16,9(13)14)5-2-8-3-6-12-7-4-8/h8,12,16H,2-7H2,1H3,(H,13,14). The van der Waals surface area contributed by atoms with Gasteiger partial charge in [0.2, 0.25) is 0 Å². The van der Waals surface area contributed by atoms with Gasteiger partial charge < -0.3 is 20.3 Å². The summed E-state index contributed by atoms with van der Waals surface area (Å²) >= 11 is 0. The number of carbonyl (C=O) groups excluding carboxylic acids is 1. The predicted molar refractivity (Wildman–Crippen MR) is 59.4 cm³/mol. The van der Waals surface area contributed by atoms with Crippen LogP contribution in [-0.4, -0.2) is 48.0 Å². The van der Waals surface area contributed by atoms with Gasteiger partial charge >= 0.3 is 11.9 Å². The lowest BCUT2D eigenvalue weighted by atomic mass is 9.87.